The van der Waals surface area contributed by atoms with Crippen LogP contribution in [0.4, 0.5) is 5.69 Å². The highest BCUT2D eigenvalue weighted by molar-refractivity contribution is 6.24. The van der Waals surface area contributed by atoms with Crippen LogP contribution in [0.25, 0.3) is 10.8 Å². The highest BCUT2D eigenvalue weighted by Crippen LogP contribution is 2.27. The van der Waals surface area contributed by atoms with Crippen molar-refractivity contribution in [1.29, 1.82) is 0 Å². The van der Waals surface area contributed by atoms with E-state index in [1.165, 1.54) is 0 Å². The van der Waals surface area contributed by atoms with Gasteiger partial charge in [-0.3, -0.25) is 9.79 Å². The molecule has 0 saturated carbocycles. The fourth-order valence-electron chi connectivity index (χ4n) is 3.74. The number of rotatable bonds is 4. The van der Waals surface area contributed by atoms with Gasteiger partial charge in [0.25, 0.3) is 0 Å². The van der Waals surface area contributed by atoms with E-state index in [1.807, 2.05) is 49.4 Å². The number of benzene rings is 3. The molecule has 0 radical (unpaired) electrons. The number of fused-ring (bicyclic) bond motifs is 1. The summed E-state index contributed by atoms with van der Waals surface area (Å²) < 4.78 is 0. The zero-order valence-electron chi connectivity index (χ0n) is 16.0. The van der Waals surface area contributed by atoms with Gasteiger partial charge in [0.2, 0.25) is 0 Å². The first kappa shape index (κ1) is 18.2. The van der Waals surface area contributed by atoms with E-state index < -0.39 is 0 Å². The molecule has 4 rings (SSSR count). The molecular formula is C25H23NO2. The SMILES string of the molecule is Cc1ccc(N=C(Cc2cccc3ccccc23)C2=C(O)CCCC2=O)cc1. The van der Waals surface area contributed by atoms with E-state index in [-0.39, 0.29) is 11.5 Å². The van der Waals surface area contributed by atoms with Crippen LogP contribution in [0.15, 0.2) is 83.1 Å². The second-order valence-corrected chi connectivity index (χ2v) is 7.31. The van der Waals surface area contributed by atoms with Crippen LogP contribution >= 0.6 is 0 Å². The minimum atomic E-state index is -0.0187. The third-order valence-corrected chi connectivity index (χ3v) is 5.21. The van der Waals surface area contributed by atoms with Crippen molar-refractivity contribution in [2.75, 3.05) is 0 Å². The van der Waals surface area contributed by atoms with Crippen LogP contribution in [0.5, 0.6) is 0 Å². The Bertz CT molecular complexity index is 1090. The minimum Gasteiger partial charge on any atom is -0.511 e. The van der Waals surface area contributed by atoms with Crippen molar-refractivity contribution in [3.8, 4) is 0 Å². The lowest BCUT2D eigenvalue weighted by molar-refractivity contribution is -0.115. The standard InChI is InChI=1S/C25H23NO2/c1-17-12-14-20(15-13-17)26-22(25-23(27)10-5-11-24(25)28)16-19-8-4-7-18-6-2-3-9-21(18)19/h2-4,6-9,12-15,27H,5,10-11,16H2,1H3. The van der Waals surface area contributed by atoms with Crippen molar-refractivity contribution in [1.82, 2.24) is 0 Å². The fourth-order valence-corrected chi connectivity index (χ4v) is 3.74. The highest BCUT2D eigenvalue weighted by Gasteiger charge is 2.25. The van der Waals surface area contributed by atoms with E-state index in [2.05, 4.69) is 24.3 Å². The maximum absolute atomic E-state index is 12.6. The molecule has 0 fully saturated rings. The molecule has 0 spiro atoms. The molecule has 3 aromatic carbocycles. The minimum absolute atomic E-state index is 0.0187. The van der Waals surface area contributed by atoms with Crippen LogP contribution in [0.2, 0.25) is 0 Å². The van der Waals surface area contributed by atoms with Gasteiger partial charge in [-0.25, -0.2) is 0 Å². The van der Waals surface area contributed by atoms with Gasteiger partial charge in [-0.1, -0.05) is 60.2 Å². The number of nitrogens with zero attached hydrogens (tertiary/aromatic N) is 1. The second kappa shape index (κ2) is 7.81. The zero-order valence-corrected chi connectivity index (χ0v) is 16.0. The molecule has 0 aliphatic heterocycles. The largest absolute Gasteiger partial charge is 0.511 e. The van der Waals surface area contributed by atoms with E-state index in [4.69, 9.17) is 4.99 Å². The summed E-state index contributed by atoms with van der Waals surface area (Å²) >= 11 is 0. The first-order valence-corrected chi connectivity index (χ1v) is 9.68. The number of hydrogen-bond acceptors (Lipinski definition) is 3. The number of carbonyl (C=O) groups excluding carboxylic acids is 1. The molecule has 0 bridgehead atoms. The molecule has 28 heavy (non-hydrogen) atoms. The Labute approximate surface area is 165 Å². The van der Waals surface area contributed by atoms with E-state index in [1.54, 1.807) is 0 Å². The van der Waals surface area contributed by atoms with Crippen LogP contribution in [0, 0.1) is 6.92 Å². The van der Waals surface area contributed by atoms with Crippen molar-refractivity contribution in [3.63, 3.8) is 0 Å². The van der Waals surface area contributed by atoms with Crippen LogP contribution in [-0.2, 0) is 11.2 Å². The number of allylic oxidation sites excluding steroid dienone is 2. The van der Waals surface area contributed by atoms with Crippen molar-refractivity contribution >= 4 is 28.0 Å². The molecule has 0 atom stereocenters. The Morgan fingerprint density at radius 2 is 1.71 bits per heavy atom. The Morgan fingerprint density at radius 1 is 0.964 bits per heavy atom. The summed E-state index contributed by atoms with van der Waals surface area (Å²) in [5, 5.41) is 12.8. The van der Waals surface area contributed by atoms with Gasteiger partial charge < -0.3 is 5.11 Å². The summed E-state index contributed by atoms with van der Waals surface area (Å²) in [5.41, 5.74) is 4.09. The molecule has 0 aromatic heterocycles. The van der Waals surface area contributed by atoms with Crippen LogP contribution in [-0.4, -0.2) is 16.6 Å². The Morgan fingerprint density at radius 3 is 2.50 bits per heavy atom. The lowest BCUT2D eigenvalue weighted by atomic mass is 9.89. The van der Waals surface area contributed by atoms with E-state index >= 15 is 0 Å². The van der Waals surface area contributed by atoms with Crippen molar-refractivity contribution < 1.29 is 9.90 Å². The quantitative estimate of drug-likeness (QED) is 0.571. The molecule has 0 saturated heterocycles. The predicted molar refractivity (Wildman–Crippen MR) is 114 cm³/mol. The number of ketones is 1. The molecule has 0 heterocycles. The molecule has 3 nitrogen and oxygen atoms in total. The van der Waals surface area contributed by atoms with E-state index in [9.17, 15) is 9.90 Å². The summed E-state index contributed by atoms with van der Waals surface area (Å²) in [6.07, 6.45) is 2.19. The fraction of sp³-hybridized carbons (Fsp3) is 0.200. The molecule has 1 aliphatic carbocycles. The van der Waals surface area contributed by atoms with Gasteiger partial charge in [-0.05, 0) is 41.8 Å². The number of aliphatic hydroxyl groups is 1. The topological polar surface area (TPSA) is 49.7 Å². The van der Waals surface area contributed by atoms with Crippen LogP contribution < -0.4 is 0 Å². The Hall–Kier alpha value is -3.20. The van der Waals surface area contributed by atoms with Crippen LogP contribution in [0.3, 0.4) is 0 Å². The van der Waals surface area contributed by atoms with Gasteiger partial charge in [0, 0.05) is 19.3 Å². The molecular weight excluding hydrogens is 346 g/mol. The van der Waals surface area contributed by atoms with Gasteiger partial charge in [-0.15, -0.1) is 0 Å². The summed E-state index contributed by atoms with van der Waals surface area (Å²) in [4.78, 5) is 17.4. The number of aryl methyl sites for hydroxylation is 1. The lowest BCUT2D eigenvalue weighted by Gasteiger charge is -2.18. The van der Waals surface area contributed by atoms with E-state index in [0.717, 1.165) is 27.6 Å². The number of aliphatic hydroxyl groups excluding tert-OH is 1. The Balaban J connectivity index is 1.83. The second-order valence-electron chi connectivity index (χ2n) is 7.31. The summed E-state index contributed by atoms with van der Waals surface area (Å²) in [7, 11) is 0. The van der Waals surface area contributed by atoms with Crippen molar-refractivity contribution in [3.05, 3.63) is 89.2 Å². The molecule has 1 aliphatic rings. The maximum Gasteiger partial charge on any atom is 0.168 e. The van der Waals surface area contributed by atoms with Crippen LogP contribution in [0.1, 0.15) is 30.4 Å². The summed E-state index contributed by atoms with van der Waals surface area (Å²) in [5.74, 6) is 0.150. The first-order chi connectivity index (χ1) is 13.6. The first-order valence-electron chi connectivity index (χ1n) is 9.68. The average Bonchev–Trinajstić information content (AvgIpc) is 2.70. The molecule has 0 unspecified atom stereocenters. The third-order valence-electron chi connectivity index (χ3n) is 5.21. The normalized spacial score (nSPS) is 15.3. The Kier molecular flexibility index (Phi) is 5.07. The molecule has 3 heteroatoms. The predicted octanol–water partition coefficient (Wildman–Crippen LogP) is 6.03. The van der Waals surface area contributed by atoms with Gasteiger partial charge in [-0.2, -0.15) is 0 Å². The number of hydrogen-bond donors (Lipinski definition) is 1. The number of Topliss-reactive ketones (excluding diaryl/α,β-unsaturated/α-hetero) is 1. The summed E-state index contributed by atoms with van der Waals surface area (Å²) in [6.45, 7) is 2.03. The summed E-state index contributed by atoms with van der Waals surface area (Å²) in [6, 6.07) is 22.3. The van der Waals surface area contributed by atoms with Crippen molar-refractivity contribution in [2.24, 2.45) is 4.99 Å². The smallest absolute Gasteiger partial charge is 0.168 e. The molecule has 1 N–H and O–H groups in total. The lowest BCUT2D eigenvalue weighted by Crippen LogP contribution is -2.21. The van der Waals surface area contributed by atoms with E-state index in [0.29, 0.717) is 37.0 Å². The average molecular weight is 369 g/mol. The molecule has 140 valence electrons. The van der Waals surface area contributed by atoms with Gasteiger partial charge in [0.1, 0.15) is 5.76 Å². The van der Waals surface area contributed by atoms with Gasteiger partial charge in [0.15, 0.2) is 5.78 Å². The molecule has 0 amide bonds. The number of carbonyl (C=O) groups is 1. The number of aliphatic imine (C=N–C) groups is 1. The zero-order chi connectivity index (χ0) is 19.5. The van der Waals surface area contributed by atoms with Crippen molar-refractivity contribution in [2.45, 2.75) is 32.6 Å². The third kappa shape index (κ3) is 3.74. The highest BCUT2D eigenvalue weighted by atomic mass is 16.3. The monoisotopic (exact) mass is 369 g/mol. The van der Waals surface area contributed by atoms with Gasteiger partial charge in [0.05, 0.1) is 17.0 Å². The molecule has 3 aromatic rings. The van der Waals surface area contributed by atoms with Gasteiger partial charge >= 0.3 is 0 Å². The maximum atomic E-state index is 12.6.